The van der Waals surface area contributed by atoms with Crippen molar-refractivity contribution in [3.8, 4) is 0 Å². The van der Waals surface area contributed by atoms with E-state index in [0.29, 0.717) is 6.54 Å². The van der Waals surface area contributed by atoms with Crippen LogP contribution in [0.2, 0.25) is 0 Å². The summed E-state index contributed by atoms with van der Waals surface area (Å²) in [4.78, 5) is 16.2. The predicted octanol–water partition coefficient (Wildman–Crippen LogP) is 4.86. The van der Waals surface area contributed by atoms with Gasteiger partial charge in [-0.3, -0.25) is 4.98 Å². The first-order valence-electron chi connectivity index (χ1n) is 8.75. The molecular weight excluding hydrogens is 300 g/mol. The molecule has 130 valence electrons. The fourth-order valence-electron chi connectivity index (χ4n) is 2.54. The van der Waals surface area contributed by atoms with Crippen LogP contribution in [0, 0.1) is 0 Å². The third-order valence-electron chi connectivity index (χ3n) is 3.68. The minimum absolute atomic E-state index is 0.331. The maximum Gasteiger partial charge on any atom is 0.407 e. The molecule has 0 fully saturated rings. The molecule has 2 aromatic rings. The second-order valence-electron chi connectivity index (χ2n) is 7.09. The van der Waals surface area contributed by atoms with Gasteiger partial charge >= 0.3 is 6.09 Å². The van der Waals surface area contributed by atoms with Gasteiger partial charge in [0.25, 0.3) is 0 Å². The summed E-state index contributed by atoms with van der Waals surface area (Å²) in [6.45, 7) is 6.28. The molecule has 0 bridgehead atoms. The van der Waals surface area contributed by atoms with E-state index in [2.05, 4.69) is 29.6 Å². The number of pyridine rings is 1. The third kappa shape index (κ3) is 6.57. The molecule has 2 rings (SSSR count). The molecule has 4 nitrogen and oxygen atoms in total. The van der Waals surface area contributed by atoms with E-state index in [0.717, 1.165) is 43.3 Å². The van der Waals surface area contributed by atoms with Gasteiger partial charge in [0.2, 0.25) is 0 Å². The molecule has 4 heteroatoms. The van der Waals surface area contributed by atoms with Crippen LogP contribution in [-0.4, -0.2) is 23.2 Å². The second-order valence-corrected chi connectivity index (χ2v) is 7.09. The Morgan fingerprint density at radius 1 is 1.04 bits per heavy atom. The number of aryl methyl sites for hydroxylation is 1. The summed E-state index contributed by atoms with van der Waals surface area (Å²) in [7, 11) is 0. The molecule has 0 aliphatic heterocycles. The lowest BCUT2D eigenvalue weighted by molar-refractivity contribution is 0.0527. The molecule has 1 aromatic carbocycles. The van der Waals surface area contributed by atoms with E-state index in [-0.39, 0.29) is 6.09 Å². The highest BCUT2D eigenvalue weighted by atomic mass is 16.6. The molecule has 0 aliphatic rings. The second kappa shape index (κ2) is 8.67. The average Bonchev–Trinajstić information content (AvgIpc) is 2.52. The highest BCUT2D eigenvalue weighted by Crippen LogP contribution is 2.13. The molecule has 1 aromatic heterocycles. The first-order chi connectivity index (χ1) is 11.4. The van der Waals surface area contributed by atoms with E-state index in [1.165, 1.54) is 5.39 Å². The van der Waals surface area contributed by atoms with Gasteiger partial charge in [0.05, 0.1) is 5.52 Å². The molecule has 24 heavy (non-hydrogen) atoms. The number of carbonyl (C=O) groups is 1. The van der Waals surface area contributed by atoms with Gasteiger partial charge in [-0.05, 0) is 52.2 Å². The fraction of sp³-hybridized carbons (Fsp3) is 0.500. The number of nitrogens with one attached hydrogen (secondary N) is 1. The number of para-hydroxylation sites is 1. The Bertz CT molecular complexity index is 662. The van der Waals surface area contributed by atoms with Crippen LogP contribution in [-0.2, 0) is 11.2 Å². The number of amides is 1. The van der Waals surface area contributed by atoms with Crippen molar-refractivity contribution in [3.63, 3.8) is 0 Å². The zero-order valence-electron chi connectivity index (χ0n) is 15.0. The lowest BCUT2D eigenvalue weighted by Crippen LogP contribution is -2.32. The van der Waals surface area contributed by atoms with Gasteiger partial charge in [0.1, 0.15) is 5.60 Å². The van der Waals surface area contributed by atoms with E-state index in [4.69, 9.17) is 9.72 Å². The van der Waals surface area contributed by atoms with Gasteiger partial charge in [0.15, 0.2) is 0 Å². The lowest BCUT2D eigenvalue weighted by atomic mass is 10.1. The number of ether oxygens (including phenoxy) is 1. The molecular formula is C20H28N2O2. The molecule has 1 N–H and O–H groups in total. The van der Waals surface area contributed by atoms with Crippen LogP contribution in [0.25, 0.3) is 10.9 Å². The minimum Gasteiger partial charge on any atom is -0.444 e. The molecule has 0 saturated heterocycles. The third-order valence-corrected chi connectivity index (χ3v) is 3.68. The Balaban J connectivity index is 1.58. The summed E-state index contributed by atoms with van der Waals surface area (Å²) in [6.07, 6.45) is 5.02. The Morgan fingerprint density at radius 2 is 1.79 bits per heavy atom. The average molecular weight is 328 g/mol. The van der Waals surface area contributed by atoms with Crippen LogP contribution < -0.4 is 5.32 Å². The quantitative estimate of drug-likeness (QED) is 0.738. The zero-order valence-corrected chi connectivity index (χ0v) is 15.0. The van der Waals surface area contributed by atoms with E-state index in [1.807, 2.05) is 32.9 Å². The van der Waals surface area contributed by atoms with E-state index < -0.39 is 5.60 Å². The number of aromatic nitrogens is 1. The summed E-state index contributed by atoms with van der Waals surface area (Å²) in [5, 5.41) is 3.98. The number of benzene rings is 1. The molecule has 0 saturated carbocycles. The highest BCUT2D eigenvalue weighted by molar-refractivity contribution is 5.78. The number of unbranched alkanes of at least 4 members (excludes halogenated alkanes) is 3. The summed E-state index contributed by atoms with van der Waals surface area (Å²) in [5.74, 6) is 0. The van der Waals surface area contributed by atoms with Crippen LogP contribution in [0.1, 0.15) is 52.1 Å². The summed E-state index contributed by atoms with van der Waals surface area (Å²) in [6, 6.07) is 12.5. The molecule has 0 aliphatic carbocycles. The predicted molar refractivity (Wildman–Crippen MR) is 98.2 cm³/mol. The van der Waals surface area contributed by atoms with E-state index >= 15 is 0 Å². The first-order valence-corrected chi connectivity index (χ1v) is 8.75. The molecule has 0 atom stereocenters. The highest BCUT2D eigenvalue weighted by Gasteiger charge is 2.15. The van der Waals surface area contributed by atoms with Crippen LogP contribution in [0.4, 0.5) is 4.79 Å². The van der Waals surface area contributed by atoms with Crippen LogP contribution >= 0.6 is 0 Å². The number of hydrogen-bond donors (Lipinski definition) is 1. The molecule has 0 unspecified atom stereocenters. The summed E-state index contributed by atoms with van der Waals surface area (Å²) in [5.41, 5.74) is 1.79. The Hall–Kier alpha value is -2.10. The van der Waals surface area contributed by atoms with Gasteiger partial charge < -0.3 is 10.1 Å². The molecule has 0 spiro atoms. The normalized spacial score (nSPS) is 11.5. The number of rotatable bonds is 7. The Kier molecular flexibility index (Phi) is 6.59. The van der Waals surface area contributed by atoms with Crippen molar-refractivity contribution in [1.29, 1.82) is 0 Å². The molecule has 0 radical (unpaired) electrons. The lowest BCUT2D eigenvalue weighted by Gasteiger charge is -2.19. The maximum absolute atomic E-state index is 11.5. The van der Waals surface area contributed by atoms with Crippen molar-refractivity contribution in [2.75, 3.05) is 6.54 Å². The first kappa shape index (κ1) is 18.2. The zero-order chi connectivity index (χ0) is 17.4. The SMILES string of the molecule is CC(C)(C)OC(=O)NCCCCCCc1ccc2ccccc2n1. The van der Waals surface area contributed by atoms with Crippen LogP contribution in [0.5, 0.6) is 0 Å². The molecule has 1 heterocycles. The van der Waals surface area contributed by atoms with E-state index in [1.54, 1.807) is 0 Å². The number of hydrogen-bond acceptors (Lipinski definition) is 3. The Labute approximate surface area is 144 Å². The van der Waals surface area contributed by atoms with Crippen molar-refractivity contribution < 1.29 is 9.53 Å². The topological polar surface area (TPSA) is 51.2 Å². The summed E-state index contributed by atoms with van der Waals surface area (Å²) < 4.78 is 5.20. The smallest absolute Gasteiger partial charge is 0.407 e. The van der Waals surface area contributed by atoms with Crippen molar-refractivity contribution in [3.05, 3.63) is 42.1 Å². The number of fused-ring (bicyclic) bond motifs is 1. The van der Waals surface area contributed by atoms with Gasteiger partial charge in [-0.1, -0.05) is 37.1 Å². The van der Waals surface area contributed by atoms with Gasteiger partial charge in [-0.2, -0.15) is 0 Å². The monoisotopic (exact) mass is 328 g/mol. The van der Waals surface area contributed by atoms with Crippen molar-refractivity contribution >= 4 is 17.0 Å². The van der Waals surface area contributed by atoms with Crippen molar-refractivity contribution in [2.45, 2.75) is 58.5 Å². The maximum atomic E-state index is 11.5. The van der Waals surface area contributed by atoms with E-state index in [9.17, 15) is 4.79 Å². The van der Waals surface area contributed by atoms with Crippen LogP contribution in [0.15, 0.2) is 36.4 Å². The Morgan fingerprint density at radius 3 is 2.58 bits per heavy atom. The number of carbonyl (C=O) groups excluding carboxylic acids is 1. The van der Waals surface area contributed by atoms with Crippen molar-refractivity contribution in [1.82, 2.24) is 10.3 Å². The van der Waals surface area contributed by atoms with Gasteiger partial charge in [-0.15, -0.1) is 0 Å². The van der Waals surface area contributed by atoms with Crippen LogP contribution in [0.3, 0.4) is 0 Å². The molecule has 1 amide bonds. The standard InChI is InChI=1S/C20H28N2O2/c1-20(2,3)24-19(23)21-15-9-5-4-6-11-17-14-13-16-10-7-8-12-18(16)22-17/h7-8,10,12-14H,4-6,9,11,15H2,1-3H3,(H,21,23). The van der Waals surface area contributed by atoms with Gasteiger partial charge in [-0.25, -0.2) is 4.79 Å². The fourth-order valence-corrected chi connectivity index (χ4v) is 2.54. The van der Waals surface area contributed by atoms with Gasteiger partial charge in [0, 0.05) is 17.6 Å². The van der Waals surface area contributed by atoms with Crippen molar-refractivity contribution in [2.24, 2.45) is 0 Å². The minimum atomic E-state index is -0.434. The largest absolute Gasteiger partial charge is 0.444 e. The summed E-state index contributed by atoms with van der Waals surface area (Å²) >= 11 is 0. The number of alkyl carbamates (subject to hydrolysis) is 1. The number of nitrogens with zero attached hydrogens (tertiary/aromatic N) is 1.